The lowest BCUT2D eigenvalue weighted by atomic mass is 9.93. The van der Waals surface area contributed by atoms with Crippen LogP contribution in [0.25, 0.3) is 0 Å². The molecule has 5 fully saturated rings. The van der Waals surface area contributed by atoms with Crippen molar-refractivity contribution in [3.05, 3.63) is 29.8 Å². The molecule has 502 valence electrons. The number of hydrogen-bond donors (Lipinski definition) is 17. The van der Waals surface area contributed by atoms with E-state index < -0.39 is 216 Å². The minimum Gasteiger partial charge on any atom is -0.494 e. The van der Waals surface area contributed by atoms with Gasteiger partial charge in [-0.15, -0.1) is 0 Å². The second-order valence-corrected chi connectivity index (χ2v) is 22.6. The van der Waals surface area contributed by atoms with Crippen LogP contribution in [0.1, 0.15) is 103 Å². The smallest absolute Gasteiger partial charge is 0.251 e. The summed E-state index contributed by atoms with van der Waals surface area (Å²) in [6.45, 7) is 2.10. The van der Waals surface area contributed by atoms with Crippen LogP contribution in [0.4, 0.5) is 0 Å². The Morgan fingerprint density at radius 1 is 0.420 bits per heavy atom. The maximum atomic E-state index is 13.9. The van der Waals surface area contributed by atoms with E-state index in [1.54, 1.807) is 12.1 Å². The van der Waals surface area contributed by atoms with Gasteiger partial charge in [0, 0.05) is 33.3 Å². The molecule has 0 aliphatic carbocycles. The molecule has 0 spiro atoms. The van der Waals surface area contributed by atoms with Crippen LogP contribution in [0.3, 0.4) is 0 Å². The fourth-order valence-electron chi connectivity index (χ4n) is 11.4. The van der Waals surface area contributed by atoms with E-state index in [4.69, 9.17) is 47.4 Å². The van der Waals surface area contributed by atoms with Crippen molar-refractivity contribution in [3.63, 3.8) is 0 Å². The number of aliphatic hydroxyl groups is 12. The molecule has 88 heavy (non-hydrogen) atoms. The van der Waals surface area contributed by atoms with E-state index in [1.807, 2.05) is 0 Å². The Kier molecular flexibility index (Phi) is 28.7. The van der Waals surface area contributed by atoms with E-state index in [0.29, 0.717) is 12.4 Å². The van der Waals surface area contributed by atoms with Crippen molar-refractivity contribution in [2.45, 2.75) is 246 Å². The van der Waals surface area contributed by atoms with Crippen LogP contribution in [0.15, 0.2) is 24.3 Å². The van der Waals surface area contributed by atoms with Gasteiger partial charge in [0.1, 0.15) is 128 Å². The molecule has 5 amide bonds. The molecule has 32 nitrogen and oxygen atoms in total. The number of ether oxygens (including phenoxy) is 10. The Morgan fingerprint density at radius 3 is 1.15 bits per heavy atom. The average Bonchev–Trinajstić information content (AvgIpc) is 1.44. The summed E-state index contributed by atoms with van der Waals surface area (Å²) in [6, 6.07) is -2.10. The number of unbranched alkanes of at least 4 members (excludes halogenated alkanes) is 8. The highest BCUT2D eigenvalue weighted by molar-refractivity contribution is 5.94. The number of hydrogen-bond acceptors (Lipinski definition) is 27. The van der Waals surface area contributed by atoms with Gasteiger partial charge in [0.05, 0.1) is 39.6 Å². The fourth-order valence-corrected chi connectivity index (χ4v) is 11.4. The topological polar surface area (TPSA) is 481 Å². The maximum absolute atomic E-state index is 13.9. The zero-order chi connectivity index (χ0) is 64.5. The maximum Gasteiger partial charge on any atom is 0.251 e. The van der Waals surface area contributed by atoms with Crippen molar-refractivity contribution in [2.75, 3.05) is 39.6 Å². The molecule has 1 aromatic carbocycles. The third-order valence-corrected chi connectivity index (χ3v) is 15.9. The first-order valence-electron chi connectivity index (χ1n) is 29.8. The summed E-state index contributed by atoms with van der Waals surface area (Å²) in [7, 11) is 0. The Balaban J connectivity index is 1.18. The monoisotopic (exact) mass is 1270 g/mol. The van der Waals surface area contributed by atoms with Crippen LogP contribution in [-0.4, -0.2) is 284 Å². The van der Waals surface area contributed by atoms with Gasteiger partial charge in [-0.05, 0) is 24.6 Å². The Hall–Kier alpha value is -4.47. The SMILES string of the molecule is CCCCCCCCCCCOc1cccc(C(=O)NC2[C@H](O[C@H]3C(O)C(NC(C)=O)[C@H](OC4C(CO)O[C@@H](O[C@H]5C(O)C(NC(C)=O)C(OC6C(CO)O[C@@H](O)[C@@H](NC(C)=O)[C@H]6O)O[C@H]5CO)[C@@H](NC(C)=O)[C@H]4O)O[C@H]3CO)OC(CO)[C@@H](O)[C@@H]2O)c1. The third kappa shape index (κ3) is 18.8. The number of nitrogens with one attached hydrogen (secondary N) is 5. The molecule has 17 N–H and O–H groups in total. The normalized spacial score (nSPS) is 37.7. The van der Waals surface area contributed by atoms with Crippen LogP contribution >= 0.6 is 0 Å². The molecule has 5 heterocycles. The molecule has 5 saturated heterocycles. The molecular weight excluding hydrogens is 1170 g/mol. The highest BCUT2D eigenvalue weighted by Gasteiger charge is 2.58. The van der Waals surface area contributed by atoms with E-state index in [0.717, 1.165) is 53.4 Å². The van der Waals surface area contributed by atoms with Crippen molar-refractivity contribution in [1.82, 2.24) is 26.6 Å². The number of rotatable bonds is 30. The van der Waals surface area contributed by atoms with Crippen LogP contribution in [0.5, 0.6) is 5.75 Å². The van der Waals surface area contributed by atoms with E-state index in [9.17, 15) is 85.3 Å². The van der Waals surface area contributed by atoms with Gasteiger partial charge < -0.3 is 135 Å². The van der Waals surface area contributed by atoms with E-state index >= 15 is 0 Å². The van der Waals surface area contributed by atoms with E-state index in [-0.39, 0.29) is 5.56 Å². The third-order valence-electron chi connectivity index (χ3n) is 15.9. The summed E-state index contributed by atoms with van der Waals surface area (Å²) in [5.41, 5.74) is 0.0716. The molecule has 32 heteroatoms. The molecule has 5 aliphatic heterocycles. The summed E-state index contributed by atoms with van der Waals surface area (Å²) in [5, 5.41) is 145. The Morgan fingerprint density at radius 2 is 0.761 bits per heavy atom. The first kappa shape index (κ1) is 72.6. The molecular formula is C56H91N5O27. The minimum absolute atomic E-state index is 0.0716. The van der Waals surface area contributed by atoms with Crippen LogP contribution in [0, 0.1) is 0 Å². The van der Waals surface area contributed by atoms with Gasteiger partial charge in [-0.1, -0.05) is 64.4 Å². The van der Waals surface area contributed by atoms with Gasteiger partial charge in [0.2, 0.25) is 23.6 Å². The van der Waals surface area contributed by atoms with E-state index in [2.05, 4.69) is 33.5 Å². The van der Waals surface area contributed by atoms with Crippen molar-refractivity contribution in [2.24, 2.45) is 0 Å². The number of aliphatic hydroxyl groups excluding tert-OH is 12. The molecule has 0 radical (unpaired) electrons. The summed E-state index contributed by atoms with van der Waals surface area (Å²) in [6.07, 6.45) is -25.8. The Labute approximate surface area is 508 Å². The first-order chi connectivity index (χ1) is 42.0. The summed E-state index contributed by atoms with van der Waals surface area (Å²) in [5.74, 6) is -3.50. The van der Waals surface area contributed by atoms with Crippen LogP contribution in [0.2, 0.25) is 0 Å². The Bertz CT molecular complexity index is 2350. The van der Waals surface area contributed by atoms with Crippen LogP contribution < -0.4 is 31.3 Å². The lowest BCUT2D eigenvalue weighted by Crippen LogP contribution is -2.72. The lowest BCUT2D eigenvalue weighted by molar-refractivity contribution is -0.367. The number of amides is 5. The van der Waals surface area contributed by atoms with E-state index in [1.165, 1.54) is 44.2 Å². The number of carbonyl (C=O) groups excluding carboxylic acids is 5. The first-order valence-corrected chi connectivity index (χ1v) is 29.8. The zero-order valence-electron chi connectivity index (χ0n) is 49.8. The quantitative estimate of drug-likeness (QED) is 0.0319. The molecule has 0 bridgehead atoms. The van der Waals surface area contributed by atoms with Gasteiger partial charge in [0.15, 0.2) is 31.5 Å². The highest BCUT2D eigenvalue weighted by Crippen LogP contribution is 2.36. The summed E-state index contributed by atoms with van der Waals surface area (Å²) >= 11 is 0. The molecule has 1 aromatic rings. The minimum atomic E-state index is -2.03. The average molecular weight is 1270 g/mol. The largest absolute Gasteiger partial charge is 0.494 e. The summed E-state index contributed by atoms with van der Waals surface area (Å²) < 4.78 is 59.9. The van der Waals surface area contributed by atoms with Crippen LogP contribution in [-0.2, 0) is 61.8 Å². The summed E-state index contributed by atoms with van der Waals surface area (Å²) in [4.78, 5) is 64.1. The zero-order valence-corrected chi connectivity index (χ0v) is 49.8. The molecule has 0 aromatic heterocycles. The fraction of sp³-hybridized carbons (Fsp3) is 0.804. The standard InChI is InChI=1S/C56H91N5O27/c1-6-7-8-9-10-11-12-13-14-18-79-30-17-15-16-29(19-30)51(77)61-37-42(72)41(71)31(20-62)81-53(37)86-48-33(22-64)83-55(39(44(48)74)59-27(4)69)88-50-35(24-66)84-56(40(46(50)76)60-28(5)70)87-49-34(23-65)82-54(38(45(49)75)58-26(3)68)85-47-32(21-63)80-52(78)36(43(47)73)57-25(2)67/h15-17,19,31-50,52-56,62-66,71-76,78H,6-14,18,20-24H2,1-5H3,(H,57,67)(H,58,68)(H,59,69)(H,60,70)(H,61,77)/t31?,32?,33-,34-,35?,36-,37?,38?,39?,40-,41+,42+,43+,44?,45?,46+,47?,48+,49+,50?,52+,53-,54?,55-,56-/m0/s1. The van der Waals surface area contributed by atoms with Crippen molar-refractivity contribution >= 4 is 29.5 Å². The van der Waals surface area contributed by atoms with Gasteiger partial charge in [0.25, 0.3) is 5.91 Å². The predicted octanol–water partition coefficient (Wildman–Crippen LogP) is -6.00. The van der Waals surface area contributed by atoms with Crippen molar-refractivity contribution in [3.8, 4) is 5.75 Å². The van der Waals surface area contributed by atoms with Gasteiger partial charge in [-0.3, -0.25) is 24.0 Å². The number of benzene rings is 1. The molecule has 6 rings (SSSR count). The van der Waals surface area contributed by atoms with Gasteiger partial charge in [-0.2, -0.15) is 0 Å². The van der Waals surface area contributed by atoms with Gasteiger partial charge >= 0.3 is 0 Å². The van der Waals surface area contributed by atoms with Crippen molar-refractivity contribution in [1.29, 1.82) is 0 Å². The molecule has 25 atom stereocenters. The lowest BCUT2D eigenvalue weighted by Gasteiger charge is -2.51. The second kappa shape index (κ2) is 34.8. The van der Waals surface area contributed by atoms with Gasteiger partial charge in [-0.25, -0.2) is 0 Å². The number of carbonyl (C=O) groups is 5. The second-order valence-electron chi connectivity index (χ2n) is 22.6. The molecule has 5 aliphatic rings. The highest BCUT2D eigenvalue weighted by atomic mass is 16.8. The van der Waals surface area contributed by atoms with Crippen molar-refractivity contribution < 1.29 is 133 Å². The molecule has 11 unspecified atom stereocenters. The predicted molar refractivity (Wildman–Crippen MR) is 297 cm³/mol. The molecule has 0 saturated carbocycles.